The van der Waals surface area contributed by atoms with Crippen LogP contribution in [0.25, 0.3) is 0 Å². The van der Waals surface area contributed by atoms with Gasteiger partial charge >= 0.3 is 0 Å². The highest BCUT2D eigenvalue weighted by Crippen LogP contribution is 2.24. The minimum absolute atomic E-state index is 0.121. The molecule has 3 aliphatic rings. The fourth-order valence-corrected chi connectivity index (χ4v) is 5.47. The van der Waals surface area contributed by atoms with E-state index in [0.29, 0.717) is 25.7 Å². The molecule has 0 aliphatic carbocycles. The van der Waals surface area contributed by atoms with Crippen LogP contribution >= 0.6 is 0 Å². The summed E-state index contributed by atoms with van der Waals surface area (Å²) in [5, 5.41) is 0. The maximum atomic E-state index is 12.5. The largest absolute Gasteiger partial charge is 0.282 e. The Bertz CT molecular complexity index is 1080. The summed E-state index contributed by atoms with van der Waals surface area (Å²) >= 11 is 0. The third-order valence-electron chi connectivity index (χ3n) is 7.75. The van der Waals surface area contributed by atoms with Crippen LogP contribution in [0.15, 0.2) is 18.2 Å². The van der Waals surface area contributed by atoms with Crippen molar-refractivity contribution in [3.05, 3.63) is 34.9 Å². The molecule has 3 heterocycles. The second kappa shape index (κ2) is 10.9. The molecule has 0 aromatic heterocycles. The van der Waals surface area contributed by atoms with Crippen LogP contribution in [0.3, 0.4) is 0 Å². The highest BCUT2D eigenvalue weighted by atomic mass is 16.2. The first kappa shape index (κ1) is 26.7. The van der Waals surface area contributed by atoms with Crippen molar-refractivity contribution in [2.24, 2.45) is 17.8 Å². The Labute approximate surface area is 217 Å². The molecular formula is C28H35N3O6. The van der Waals surface area contributed by atoms with Crippen LogP contribution < -0.4 is 0 Å². The molecule has 3 unspecified atom stereocenters. The SMILES string of the molecule is CCC1CC(=O)N(CCc2cc(CCN3C(=O)CC(C)C3=O)cc(CCN3C(=O)CC(C)C3=O)c2)C1=O. The lowest BCUT2D eigenvalue weighted by molar-refractivity contribution is -0.140. The predicted octanol–water partition coefficient (Wildman–Crippen LogP) is 1.89. The second-order valence-corrected chi connectivity index (χ2v) is 10.6. The van der Waals surface area contributed by atoms with Gasteiger partial charge < -0.3 is 0 Å². The monoisotopic (exact) mass is 509 g/mol. The van der Waals surface area contributed by atoms with Crippen molar-refractivity contribution >= 4 is 35.4 Å². The van der Waals surface area contributed by atoms with Gasteiger partial charge in [-0.25, -0.2) is 0 Å². The maximum Gasteiger partial charge on any atom is 0.232 e. The summed E-state index contributed by atoms with van der Waals surface area (Å²) in [4.78, 5) is 78.0. The van der Waals surface area contributed by atoms with E-state index in [9.17, 15) is 28.8 Å². The van der Waals surface area contributed by atoms with Crippen molar-refractivity contribution in [2.75, 3.05) is 19.6 Å². The lowest BCUT2D eigenvalue weighted by Crippen LogP contribution is -2.33. The molecule has 4 rings (SSSR count). The standard InChI is InChI=1S/C28H35N3O6/c1-4-22-16-25(34)31(28(22)37)10-7-21-14-19(5-8-29-23(32)11-17(2)26(29)35)13-20(15-21)6-9-30-24(33)12-18(3)27(30)36/h13-15,17-18,22H,4-12,16H2,1-3H3. The van der Waals surface area contributed by atoms with Gasteiger partial charge in [0.05, 0.1) is 0 Å². The Kier molecular flexibility index (Phi) is 7.90. The number of carbonyl (C=O) groups is 6. The molecular weight excluding hydrogens is 474 g/mol. The molecule has 1 aromatic rings. The minimum Gasteiger partial charge on any atom is -0.282 e. The van der Waals surface area contributed by atoms with Gasteiger partial charge in [-0.2, -0.15) is 0 Å². The molecule has 0 radical (unpaired) electrons. The quantitative estimate of drug-likeness (QED) is 0.445. The zero-order valence-corrected chi connectivity index (χ0v) is 21.8. The molecule has 9 nitrogen and oxygen atoms in total. The van der Waals surface area contributed by atoms with Gasteiger partial charge in [-0.1, -0.05) is 39.0 Å². The van der Waals surface area contributed by atoms with Crippen LogP contribution in [-0.2, 0) is 48.0 Å². The van der Waals surface area contributed by atoms with Crippen LogP contribution in [0.5, 0.6) is 0 Å². The van der Waals surface area contributed by atoms with Gasteiger partial charge in [-0.15, -0.1) is 0 Å². The van der Waals surface area contributed by atoms with Crippen molar-refractivity contribution in [2.45, 2.75) is 65.7 Å². The summed E-state index contributed by atoms with van der Waals surface area (Å²) in [6.07, 6.45) is 2.79. The Morgan fingerprint density at radius 2 is 0.946 bits per heavy atom. The average molecular weight is 510 g/mol. The first-order valence-corrected chi connectivity index (χ1v) is 13.2. The number of hydrogen-bond acceptors (Lipinski definition) is 6. The zero-order chi connectivity index (χ0) is 26.9. The smallest absolute Gasteiger partial charge is 0.232 e. The molecule has 9 heteroatoms. The number of amides is 6. The fourth-order valence-electron chi connectivity index (χ4n) is 5.47. The van der Waals surface area contributed by atoms with E-state index in [1.54, 1.807) is 13.8 Å². The second-order valence-electron chi connectivity index (χ2n) is 10.6. The number of hydrogen-bond donors (Lipinski definition) is 0. The van der Waals surface area contributed by atoms with Crippen molar-refractivity contribution in [1.29, 1.82) is 0 Å². The van der Waals surface area contributed by atoms with Gasteiger partial charge in [0, 0.05) is 56.7 Å². The van der Waals surface area contributed by atoms with Gasteiger partial charge in [0.2, 0.25) is 35.4 Å². The topological polar surface area (TPSA) is 112 Å². The predicted molar refractivity (Wildman–Crippen MR) is 134 cm³/mol. The molecule has 3 saturated heterocycles. The zero-order valence-electron chi connectivity index (χ0n) is 21.8. The molecule has 0 spiro atoms. The number of rotatable bonds is 10. The van der Waals surface area contributed by atoms with E-state index in [1.807, 2.05) is 25.1 Å². The average Bonchev–Trinajstić information content (AvgIpc) is 3.38. The third-order valence-corrected chi connectivity index (χ3v) is 7.75. The van der Waals surface area contributed by atoms with Crippen LogP contribution in [0, 0.1) is 17.8 Å². The summed E-state index contributed by atoms with van der Waals surface area (Å²) in [5.74, 6) is -1.74. The number of benzene rings is 1. The van der Waals surface area contributed by atoms with Gasteiger partial charge in [0.15, 0.2) is 0 Å². The molecule has 0 N–H and O–H groups in total. The van der Waals surface area contributed by atoms with Crippen LogP contribution in [0.1, 0.15) is 63.1 Å². The molecule has 0 saturated carbocycles. The number of likely N-dealkylation sites (tertiary alicyclic amines) is 3. The maximum absolute atomic E-state index is 12.5. The third kappa shape index (κ3) is 5.65. The molecule has 3 fully saturated rings. The van der Waals surface area contributed by atoms with E-state index in [4.69, 9.17) is 0 Å². The summed E-state index contributed by atoms with van der Waals surface area (Å²) < 4.78 is 0. The Morgan fingerprint density at radius 3 is 1.24 bits per heavy atom. The molecule has 1 aromatic carbocycles. The van der Waals surface area contributed by atoms with Crippen LogP contribution in [0.4, 0.5) is 0 Å². The number of imide groups is 3. The summed E-state index contributed by atoms with van der Waals surface area (Å²) in [5.41, 5.74) is 2.77. The summed E-state index contributed by atoms with van der Waals surface area (Å²) in [6.45, 7) is 6.27. The van der Waals surface area contributed by atoms with Gasteiger partial charge in [-0.05, 0) is 42.4 Å². The molecule has 6 amide bonds. The summed E-state index contributed by atoms with van der Waals surface area (Å²) in [6, 6.07) is 5.94. The first-order valence-electron chi connectivity index (χ1n) is 13.2. The van der Waals surface area contributed by atoms with E-state index in [0.717, 1.165) is 16.7 Å². The van der Waals surface area contributed by atoms with Crippen LogP contribution in [-0.4, -0.2) is 69.8 Å². The highest BCUT2D eigenvalue weighted by molar-refractivity contribution is 6.04. The van der Waals surface area contributed by atoms with Gasteiger partial charge in [-0.3, -0.25) is 43.5 Å². The van der Waals surface area contributed by atoms with E-state index >= 15 is 0 Å². The number of nitrogens with zero attached hydrogens (tertiary/aromatic N) is 3. The van der Waals surface area contributed by atoms with E-state index < -0.39 is 0 Å². The van der Waals surface area contributed by atoms with E-state index in [-0.39, 0.29) is 92.1 Å². The van der Waals surface area contributed by atoms with Crippen molar-refractivity contribution in [1.82, 2.24) is 14.7 Å². The molecule has 3 aliphatic heterocycles. The highest BCUT2D eigenvalue weighted by Gasteiger charge is 2.37. The lowest BCUT2D eigenvalue weighted by atomic mass is 9.99. The summed E-state index contributed by atoms with van der Waals surface area (Å²) in [7, 11) is 0. The Morgan fingerprint density at radius 1 is 0.595 bits per heavy atom. The molecule has 3 atom stereocenters. The fraction of sp³-hybridized carbons (Fsp3) is 0.571. The minimum atomic E-state index is -0.296. The normalized spacial score (nSPS) is 24.4. The van der Waals surface area contributed by atoms with Crippen molar-refractivity contribution in [3.8, 4) is 0 Å². The first-order chi connectivity index (χ1) is 17.6. The van der Waals surface area contributed by atoms with Gasteiger partial charge in [0.1, 0.15) is 0 Å². The molecule has 0 bridgehead atoms. The Balaban J connectivity index is 1.49. The van der Waals surface area contributed by atoms with Crippen molar-refractivity contribution < 1.29 is 28.8 Å². The Hall–Kier alpha value is -3.36. The van der Waals surface area contributed by atoms with E-state index in [1.165, 1.54) is 14.7 Å². The van der Waals surface area contributed by atoms with Crippen LogP contribution in [0.2, 0.25) is 0 Å². The lowest BCUT2D eigenvalue weighted by Gasteiger charge is -2.18. The molecule has 37 heavy (non-hydrogen) atoms. The number of carbonyl (C=O) groups excluding carboxylic acids is 6. The molecule has 198 valence electrons. The van der Waals surface area contributed by atoms with Crippen molar-refractivity contribution in [3.63, 3.8) is 0 Å². The van der Waals surface area contributed by atoms with Gasteiger partial charge in [0.25, 0.3) is 0 Å². The van der Waals surface area contributed by atoms with E-state index in [2.05, 4.69) is 0 Å².